The van der Waals surface area contributed by atoms with Gasteiger partial charge in [0.15, 0.2) is 0 Å². The van der Waals surface area contributed by atoms with Crippen LogP contribution in [0.15, 0.2) is 12.3 Å². The Bertz CT molecular complexity index is 358. The summed E-state index contributed by atoms with van der Waals surface area (Å²) < 4.78 is 0. The van der Waals surface area contributed by atoms with E-state index in [1.807, 2.05) is 13.0 Å². The van der Waals surface area contributed by atoms with Crippen molar-refractivity contribution < 1.29 is 0 Å². The summed E-state index contributed by atoms with van der Waals surface area (Å²) in [6.07, 6.45) is 1.77. The van der Waals surface area contributed by atoms with Crippen molar-refractivity contribution in [1.82, 2.24) is 9.88 Å². The van der Waals surface area contributed by atoms with Crippen LogP contribution in [0.3, 0.4) is 0 Å². The van der Waals surface area contributed by atoms with Crippen LogP contribution < -0.4 is 11.1 Å². The normalized spacial score (nSPS) is 11.9. The van der Waals surface area contributed by atoms with E-state index in [-0.39, 0.29) is 5.54 Å². The molecule has 0 saturated heterocycles. The highest BCUT2D eigenvalue weighted by Gasteiger charge is 2.20. The number of hydrogen-bond acceptors (Lipinski definition) is 4. The van der Waals surface area contributed by atoms with Crippen molar-refractivity contribution in [3.8, 4) is 0 Å². The van der Waals surface area contributed by atoms with Crippen molar-refractivity contribution in [2.75, 3.05) is 31.7 Å². The maximum atomic E-state index is 5.95. The zero-order chi connectivity index (χ0) is 12.3. The molecule has 0 bridgehead atoms. The second-order valence-corrected chi connectivity index (χ2v) is 4.95. The van der Waals surface area contributed by atoms with Crippen molar-refractivity contribution in [2.24, 2.45) is 0 Å². The predicted molar refractivity (Wildman–Crippen MR) is 69.6 cm³/mol. The molecule has 1 heterocycles. The first-order chi connectivity index (χ1) is 7.34. The van der Waals surface area contributed by atoms with E-state index in [4.69, 9.17) is 5.73 Å². The molecule has 3 N–H and O–H groups in total. The fourth-order valence-electron chi connectivity index (χ4n) is 1.17. The summed E-state index contributed by atoms with van der Waals surface area (Å²) in [6, 6.07) is 1.91. The highest BCUT2D eigenvalue weighted by molar-refractivity contribution is 5.64. The molecule has 1 aromatic heterocycles. The van der Waals surface area contributed by atoms with Crippen LogP contribution in [0, 0.1) is 6.92 Å². The number of hydrogen-bond donors (Lipinski definition) is 2. The minimum absolute atomic E-state index is 0.0673. The van der Waals surface area contributed by atoms with Crippen LogP contribution in [0.1, 0.15) is 19.4 Å². The molecule has 0 fully saturated rings. The maximum absolute atomic E-state index is 5.95. The largest absolute Gasteiger partial charge is 0.396 e. The molecule has 0 aromatic carbocycles. The molecule has 1 aromatic rings. The van der Waals surface area contributed by atoms with E-state index in [0.717, 1.165) is 23.6 Å². The van der Waals surface area contributed by atoms with Gasteiger partial charge in [0, 0.05) is 18.3 Å². The predicted octanol–water partition coefficient (Wildman–Crippen LogP) is 1.72. The summed E-state index contributed by atoms with van der Waals surface area (Å²) in [7, 11) is 4.13. The zero-order valence-electron chi connectivity index (χ0n) is 10.8. The minimum atomic E-state index is 0.0673. The molecule has 0 atom stereocenters. The van der Waals surface area contributed by atoms with Crippen molar-refractivity contribution in [2.45, 2.75) is 26.3 Å². The molecule has 4 nitrogen and oxygen atoms in total. The topological polar surface area (TPSA) is 54.2 Å². The molecule has 0 spiro atoms. The molecule has 90 valence electrons. The quantitative estimate of drug-likeness (QED) is 0.814. The Balaban J connectivity index is 2.72. The SMILES string of the molecule is Cc1ccnc(NCC(C)(C)N(C)C)c1N. The first-order valence-corrected chi connectivity index (χ1v) is 5.47. The van der Waals surface area contributed by atoms with Crippen LogP contribution in [0.25, 0.3) is 0 Å². The van der Waals surface area contributed by atoms with Crippen molar-refractivity contribution >= 4 is 11.5 Å². The first kappa shape index (κ1) is 12.8. The molecular formula is C12H22N4. The molecule has 4 heteroatoms. The Morgan fingerprint density at radius 2 is 2.06 bits per heavy atom. The Morgan fingerprint density at radius 3 is 2.62 bits per heavy atom. The number of rotatable bonds is 4. The number of nitrogens with one attached hydrogen (secondary N) is 1. The van der Waals surface area contributed by atoms with Crippen LogP contribution in [-0.2, 0) is 0 Å². The number of likely N-dealkylation sites (N-methyl/N-ethyl adjacent to an activating group) is 1. The van der Waals surface area contributed by atoms with Crippen molar-refractivity contribution in [3.05, 3.63) is 17.8 Å². The Kier molecular flexibility index (Phi) is 3.75. The smallest absolute Gasteiger partial charge is 0.149 e. The monoisotopic (exact) mass is 222 g/mol. The molecule has 1 rings (SSSR count). The van der Waals surface area contributed by atoms with Gasteiger partial charge >= 0.3 is 0 Å². The van der Waals surface area contributed by atoms with Gasteiger partial charge in [-0.3, -0.25) is 0 Å². The molecule has 0 aliphatic carbocycles. The molecule has 0 aliphatic rings. The Hall–Kier alpha value is -1.29. The minimum Gasteiger partial charge on any atom is -0.396 e. The number of anilines is 2. The van der Waals surface area contributed by atoms with Crippen LogP contribution >= 0.6 is 0 Å². The molecule has 0 saturated carbocycles. The summed E-state index contributed by atoms with van der Waals surface area (Å²) in [4.78, 5) is 6.42. The van der Waals surface area contributed by atoms with Crippen LogP contribution in [-0.4, -0.2) is 36.1 Å². The van der Waals surface area contributed by atoms with E-state index in [9.17, 15) is 0 Å². The van der Waals surface area contributed by atoms with Gasteiger partial charge in [-0.15, -0.1) is 0 Å². The lowest BCUT2D eigenvalue weighted by atomic mass is 10.0. The number of nitrogens with two attached hydrogens (primary N) is 1. The molecule has 0 radical (unpaired) electrons. The summed E-state index contributed by atoms with van der Waals surface area (Å²) in [6.45, 7) is 7.14. The third-order valence-electron chi connectivity index (χ3n) is 3.11. The fraction of sp³-hybridized carbons (Fsp3) is 0.583. The van der Waals surface area contributed by atoms with Gasteiger partial charge in [-0.1, -0.05) is 0 Å². The lowest BCUT2D eigenvalue weighted by Gasteiger charge is -2.33. The zero-order valence-corrected chi connectivity index (χ0v) is 10.8. The lowest BCUT2D eigenvalue weighted by Crippen LogP contribution is -2.44. The molecule has 0 amide bonds. The average molecular weight is 222 g/mol. The van der Waals surface area contributed by atoms with E-state index in [2.05, 4.69) is 43.1 Å². The average Bonchev–Trinajstić information content (AvgIpc) is 2.20. The van der Waals surface area contributed by atoms with Crippen molar-refractivity contribution in [3.63, 3.8) is 0 Å². The first-order valence-electron chi connectivity index (χ1n) is 5.47. The van der Waals surface area contributed by atoms with E-state index >= 15 is 0 Å². The van der Waals surface area contributed by atoms with Crippen LogP contribution in [0.2, 0.25) is 0 Å². The number of pyridine rings is 1. The van der Waals surface area contributed by atoms with Gasteiger partial charge in [-0.25, -0.2) is 4.98 Å². The number of nitrogen functional groups attached to an aromatic ring is 1. The molecule has 16 heavy (non-hydrogen) atoms. The van der Waals surface area contributed by atoms with Gasteiger partial charge in [0.25, 0.3) is 0 Å². The highest BCUT2D eigenvalue weighted by Crippen LogP contribution is 2.20. The number of aryl methyl sites for hydroxylation is 1. The summed E-state index contributed by atoms with van der Waals surface area (Å²) >= 11 is 0. The second kappa shape index (κ2) is 4.70. The van der Waals surface area contributed by atoms with Gasteiger partial charge in [0.05, 0.1) is 5.69 Å². The summed E-state index contributed by atoms with van der Waals surface area (Å²) in [5.41, 5.74) is 7.81. The second-order valence-electron chi connectivity index (χ2n) is 4.95. The van der Waals surface area contributed by atoms with Gasteiger partial charge in [-0.05, 0) is 46.5 Å². The third kappa shape index (κ3) is 2.85. The van der Waals surface area contributed by atoms with Gasteiger partial charge < -0.3 is 16.0 Å². The lowest BCUT2D eigenvalue weighted by molar-refractivity contribution is 0.210. The van der Waals surface area contributed by atoms with E-state index in [1.165, 1.54) is 0 Å². The van der Waals surface area contributed by atoms with Crippen LogP contribution in [0.5, 0.6) is 0 Å². The van der Waals surface area contributed by atoms with E-state index in [1.54, 1.807) is 6.20 Å². The molecule has 0 unspecified atom stereocenters. The molecular weight excluding hydrogens is 200 g/mol. The van der Waals surface area contributed by atoms with Gasteiger partial charge in [-0.2, -0.15) is 0 Å². The number of aromatic nitrogens is 1. The standard InChI is InChI=1S/C12H22N4/c1-9-6-7-14-11(10(9)13)15-8-12(2,3)16(4)5/h6-7H,8,13H2,1-5H3,(H,14,15). The Labute approximate surface area is 97.9 Å². The van der Waals surface area contributed by atoms with Crippen molar-refractivity contribution in [1.29, 1.82) is 0 Å². The molecule has 0 aliphatic heterocycles. The van der Waals surface area contributed by atoms with Gasteiger partial charge in [0.2, 0.25) is 0 Å². The Morgan fingerprint density at radius 1 is 1.44 bits per heavy atom. The van der Waals surface area contributed by atoms with Crippen LogP contribution in [0.4, 0.5) is 11.5 Å². The van der Waals surface area contributed by atoms with Gasteiger partial charge in [0.1, 0.15) is 5.82 Å². The van der Waals surface area contributed by atoms with E-state index in [0.29, 0.717) is 0 Å². The van der Waals surface area contributed by atoms with E-state index < -0.39 is 0 Å². The summed E-state index contributed by atoms with van der Waals surface area (Å²) in [5.74, 6) is 0.773. The number of nitrogens with zero attached hydrogens (tertiary/aromatic N) is 2. The summed E-state index contributed by atoms with van der Waals surface area (Å²) in [5, 5.41) is 3.30. The maximum Gasteiger partial charge on any atom is 0.149 e. The fourth-order valence-corrected chi connectivity index (χ4v) is 1.17. The highest BCUT2D eigenvalue weighted by atomic mass is 15.2. The third-order valence-corrected chi connectivity index (χ3v) is 3.11.